The highest BCUT2D eigenvalue weighted by Gasteiger charge is 2.20. The van der Waals surface area contributed by atoms with E-state index in [0.717, 1.165) is 26.0 Å². The first-order chi connectivity index (χ1) is 8.20. The van der Waals surface area contributed by atoms with Crippen LogP contribution in [0.2, 0.25) is 0 Å². The summed E-state index contributed by atoms with van der Waals surface area (Å²) in [6.45, 7) is 6.29. The highest BCUT2D eigenvalue weighted by Crippen LogP contribution is 2.23. The molecule has 2 atom stereocenters. The van der Waals surface area contributed by atoms with Gasteiger partial charge in [-0.3, -0.25) is 0 Å². The van der Waals surface area contributed by atoms with Gasteiger partial charge in [-0.15, -0.1) is 0 Å². The van der Waals surface area contributed by atoms with E-state index in [2.05, 4.69) is 28.7 Å². The molecule has 0 spiro atoms. The first-order valence-corrected chi connectivity index (χ1v) is 6.39. The molecule has 1 rings (SSSR count). The van der Waals surface area contributed by atoms with Crippen LogP contribution in [-0.2, 0) is 11.8 Å². The third kappa shape index (κ3) is 4.13. The van der Waals surface area contributed by atoms with Crippen LogP contribution in [0.4, 0.5) is 0 Å². The second kappa shape index (κ2) is 7.45. The van der Waals surface area contributed by atoms with Gasteiger partial charge in [-0.25, -0.2) is 4.98 Å². The summed E-state index contributed by atoms with van der Waals surface area (Å²) in [7, 11) is 3.80. The summed E-state index contributed by atoms with van der Waals surface area (Å²) >= 11 is 0. The van der Waals surface area contributed by atoms with Crippen LogP contribution in [0.25, 0.3) is 0 Å². The van der Waals surface area contributed by atoms with Crippen molar-refractivity contribution < 1.29 is 4.74 Å². The topological polar surface area (TPSA) is 39.1 Å². The van der Waals surface area contributed by atoms with Crippen molar-refractivity contribution in [2.45, 2.75) is 32.7 Å². The van der Waals surface area contributed by atoms with Crippen LogP contribution in [0, 0.1) is 5.92 Å². The molecule has 4 heteroatoms. The SMILES string of the molecule is CCCNC(c1cncn1C)C(C)CCOC. The molecule has 0 saturated heterocycles. The van der Waals surface area contributed by atoms with Crippen molar-refractivity contribution in [1.29, 1.82) is 0 Å². The van der Waals surface area contributed by atoms with Gasteiger partial charge in [0.2, 0.25) is 0 Å². The lowest BCUT2D eigenvalue weighted by atomic mass is 9.96. The van der Waals surface area contributed by atoms with Crippen LogP contribution in [0.15, 0.2) is 12.5 Å². The fourth-order valence-corrected chi connectivity index (χ4v) is 2.03. The maximum Gasteiger partial charge on any atom is 0.0946 e. The van der Waals surface area contributed by atoms with Crippen molar-refractivity contribution in [3.8, 4) is 0 Å². The van der Waals surface area contributed by atoms with Crippen LogP contribution in [0.1, 0.15) is 38.4 Å². The minimum Gasteiger partial charge on any atom is -0.385 e. The molecule has 0 aliphatic heterocycles. The molecule has 0 fully saturated rings. The molecule has 1 aromatic rings. The van der Waals surface area contributed by atoms with E-state index < -0.39 is 0 Å². The van der Waals surface area contributed by atoms with Gasteiger partial charge in [-0.1, -0.05) is 13.8 Å². The Morgan fingerprint density at radius 2 is 2.29 bits per heavy atom. The quantitative estimate of drug-likeness (QED) is 0.755. The molecule has 1 heterocycles. The van der Waals surface area contributed by atoms with Gasteiger partial charge in [0.05, 0.1) is 18.1 Å². The van der Waals surface area contributed by atoms with Gasteiger partial charge in [-0.05, 0) is 25.3 Å². The summed E-state index contributed by atoms with van der Waals surface area (Å²) in [5, 5.41) is 3.60. The fraction of sp³-hybridized carbons (Fsp3) is 0.769. The van der Waals surface area contributed by atoms with E-state index in [1.54, 1.807) is 7.11 Å². The Labute approximate surface area is 104 Å². The Morgan fingerprint density at radius 3 is 2.82 bits per heavy atom. The number of nitrogens with zero attached hydrogens (tertiary/aromatic N) is 2. The zero-order valence-electron chi connectivity index (χ0n) is 11.4. The van der Waals surface area contributed by atoms with E-state index in [1.807, 2.05) is 19.6 Å². The number of hydrogen-bond donors (Lipinski definition) is 1. The molecule has 0 aromatic carbocycles. The molecule has 0 bridgehead atoms. The monoisotopic (exact) mass is 239 g/mol. The van der Waals surface area contributed by atoms with Crippen molar-refractivity contribution in [2.24, 2.45) is 13.0 Å². The average Bonchev–Trinajstić information content (AvgIpc) is 2.73. The molecule has 0 radical (unpaired) electrons. The van der Waals surface area contributed by atoms with Crippen LogP contribution in [0.3, 0.4) is 0 Å². The Balaban J connectivity index is 2.69. The zero-order valence-corrected chi connectivity index (χ0v) is 11.4. The zero-order chi connectivity index (χ0) is 12.7. The fourth-order valence-electron chi connectivity index (χ4n) is 2.03. The Hall–Kier alpha value is -0.870. The third-order valence-corrected chi connectivity index (χ3v) is 3.13. The second-order valence-corrected chi connectivity index (χ2v) is 4.62. The number of hydrogen-bond acceptors (Lipinski definition) is 3. The Bertz CT molecular complexity index is 311. The predicted octanol–water partition coefficient (Wildman–Crippen LogP) is 2.13. The highest BCUT2D eigenvalue weighted by molar-refractivity contribution is 5.06. The lowest BCUT2D eigenvalue weighted by molar-refractivity contribution is 0.169. The Kier molecular flexibility index (Phi) is 6.22. The minimum atomic E-state index is 0.359. The smallest absolute Gasteiger partial charge is 0.0946 e. The van der Waals surface area contributed by atoms with Crippen LogP contribution in [0.5, 0.6) is 0 Å². The van der Waals surface area contributed by atoms with Gasteiger partial charge in [0.1, 0.15) is 0 Å². The van der Waals surface area contributed by atoms with Gasteiger partial charge >= 0.3 is 0 Å². The average molecular weight is 239 g/mol. The van der Waals surface area contributed by atoms with E-state index in [-0.39, 0.29) is 0 Å². The Morgan fingerprint density at radius 1 is 1.53 bits per heavy atom. The summed E-state index contributed by atoms with van der Waals surface area (Å²) < 4.78 is 7.26. The van der Waals surface area contributed by atoms with Gasteiger partial charge in [0.15, 0.2) is 0 Å². The van der Waals surface area contributed by atoms with Crippen LogP contribution >= 0.6 is 0 Å². The number of ether oxygens (including phenoxy) is 1. The maximum absolute atomic E-state index is 5.16. The summed E-state index contributed by atoms with van der Waals surface area (Å²) in [5.41, 5.74) is 1.25. The van der Waals surface area contributed by atoms with E-state index in [0.29, 0.717) is 12.0 Å². The third-order valence-electron chi connectivity index (χ3n) is 3.13. The van der Waals surface area contributed by atoms with Crippen molar-refractivity contribution >= 4 is 0 Å². The summed E-state index contributed by atoms with van der Waals surface area (Å²) in [6.07, 6.45) is 6.02. The normalized spacial score (nSPS) is 14.8. The van der Waals surface area contributed by atoms with Gasteiger partial charge in [0, 0.05) is 27.0 Å². The predicted molar refractivity (Wildman–Crippen MR) is 69.9 cm³/mol. The van der Waals surface area contributed by atoms with Crippen molar-refractivity contribution in [3.63, 3.8) is 0 Å². The van der Waals surface area contributed by atoms with E-state index in [4.69, 9.17) is 4.74 Å². The standard InChI is InChI=1S/C13H25N3O/c1-5-7-15-13(11(2)6-8-17-4)12-9-14-10-16(12)3/h9-11,13,15H,5-8H2,1-4H3. The number of rotatable bonds is 8. The van der Waals surface area contributed by atoms with Gasteiger partial charge < -0.3 is 14.6 Å². The molecular formula is C13H25N3O. The molecule has 1 aromatic heterocycles. The summed E-state index contributed by atoms with van der Waals surface area (Å²) in [6, 6.07) is 0.359. The number of nitrogens with one attached hydrogen (secondary N) is 1. The molecule has 98 valence electrons. The number of methoxy groups -OCH3 is 1. The molecule has 0 amide bonds. The molecule has 0 aliphatic carbocycles. The number of aryl methyl sites for hydroxylation is 1. The maximum atomic E-state index is 5.16. The number of aromatic nitrogens is 2. The molecular weight excluding hydrogens is 214 g/mol. The summed E-state index contributed by atoms with van der Waals surface area (Å²) in [4.78, 5) is 4.21. The molecule has 0 aliphatic rings. The van der Waals surface area contributed by atoms with E-state index in [9.17, 15) is 0 Å². The lowest BCUT2D eigenvalue weighted by Gasteiger charge is -2.25. The highest BCUT2D eigenvalue weighted by atomic mass is 16.5. The molecule has 1 N–H and O–H groups in total. The molecule has 0 saturated carbocycles. The number of imidazole rings is 1. The van der Waals surface area contributed by atoms with Gasteiger partial charge in [-0.2, -0.15) is 0 Å². The lowest BCUT2D eigenvalue weighted by Crippen LogP contribution is -2.29. The van der Waals surface area contributed by atoms with Crippen molar-refractivity contribution in [3.05, 3.63) is 18.2 Å². The summed E-state index contributed by atoms with van der Waals surface area (Å²) in [5.74, 6) is 0.539. The van der Waals surface area contributed by atoms with E-state index in [1.165, 1.54) is 5.69 Å². The van der Waals surface area contributed by atoms with Crippen molar-refractivity contribution in [1.82, 2.24) is 14.9 Å². The molecule has 4 nitrogen and oxygen atoms in total. The largest absolute Gasteiger partial charge is 0.385 e. The first-order valence-electron chi connectivity index (χ1n) is 6.39. The first kappa shape index (κ1) is 14.2. The molecule has 17 heavy (non-hydrogen) atoms. The minimum absolute atomic E-state index is 0.359. The second-order valence-electron chi connectivity index (χ2n) is 4.62. The molecule has 2 unspecified atom stereocenters. The van der Waals surface area contributed by atoms with Crippen molar-refractivity contribution in [2.75, 3.05) is 20.3 Å². The van der Waals surface area contributed by atoms with E-state index >= 15 is 0 Å². The van der Waals surface area contributed by atoms with Crippen LogP contribution < -0.4 is 5.32 Å². The van der Waals surface area contributed by atoms with Crippen LogP contribution in [-0.4, -0.2) is 29.8 Å². The van der Waals surface area contributed by atoms with Gasteiger partial charge in [0.25, 0.3) is 0 Å².